The number of unbranched alkanes of at least 4 members (excludes halogenated alkanes) is 1. The van der Waals surface area contributed by atoms with Gasteiger partial charge in [0, 0.05) is 6.54 Å². The van der Waals surface area contributed by atoms with E-state index in [0.717, 1.165) is 11.3 Å². The fourth-order valence-corrected chi connectivity index (χ4v) is 4.18. The average Bonchev–Trinajstić information content (AvgIpc) is 3.30. The quantitative estimate of drug-likeness (QED) is 0.243. The molecule has 0 bridgehead atoms. The van der Waals surface area contributed by atoms with Gasteiger partial charge < -0.3 is 26.3 Å². The van der Waals surface area contributed by atoms with Gasteiger partial charge in [0.05, 0.1) is 23.2 Å². The number of aromatic carboxylic acids is 1. The molecule has 5 N–H and O–H groups in total. The zero-order chi connectivity index (χ0) is 25.4. The van der Waals surface area contributed by atoms with Gasteiger partial charge in [-0.2, -0.15) is 0 Å². The van der Waals surface area contributed by atoms with Gasteiger partial charge in [-0.3, -0.25) is 19.3 Å². The van der Waals surface area contributed by atoms with Crippen LogP contribution in [0.2, 0.25) is 0 Å². The number of nitrogens with two attached hydrogens (primary N) is 2. The summed E-state index contributed by atoms with van der Waals surface area (Å²) in [7, 11) is 0. The zero-order valence-electron chi connectivity index (χ0n) is 19.7. The Morgan fingerprint density at radius 1 is 1.18 bits per heavy atom. The lowest BCUT2D eigenvalue weighted by atomic mass is 9.99. The first-order valence-corrected chi connectivity index (χ1v) is 11.6. The molecule has 186 valence electrons. The van der Waals surface area contributed by atoms with E-state index in [0.29, 0.717) is 45.1 Å². The van der Waals surface area contributed by atoms with Crippen molar-refractivity contribution in [1.82, 2.24) is 9.80 Å². The number of imide groups is 1. The molecule has 0 radical (unpaired) electrons. The molecule has 0 aromatic heterocycles. The minimum Gasteiger partial charge on any atom is -0.478 e. The Morgan fingerprint density at radius 2 is 1.82 bits per heavy atom. The standard InChI is InChI=1S/C24H34N4O6/c1-15(2)20(14-29)28(21(30)16-8-3-4-9-17(16)24(33)34)23(32)19-11-7-13-27(19)22(31)18(26)10-5-6-12-25/h3-4,8-9,14-15,18-20H,5-7,10-13,25-26H2,1-2H3,(H,33,34)/t18-,19-,20+/m0/s1. The van der Waals surface area contributed by atoms with Gasteiger partial charge in [-0.05, 0) is 50.3 Å². The SMILES string of the molecule is CC(C)[C@@H](C=O)N(C(=O)c1ccccc1C(=O)O)C(=O)[C@@H]1CCCN1C(=O)[C@@H](N)CCCCN. The van der Waals surface area contributed by atoms with Crippen LogP contribution in [-0.4, -0.2) is 76.1 Å². The van der Waals surface area contributed by atoms with Gasteiger partial charge in [-0.25, -0.2) is 4.79 Å². The Bertz CT molecular complexity index is 918. The smallest absolute Gasteiger partial charge is 0.336 e. The number of hydrogen-bond acceptors (Lipinski definition) is 7. The first-order chi connectivity index (χ1) is 16.1. The van der Waals surface area contributed by atoms with Crippen LogP contribution < -0.4 is 11.5 Å². The molecule has 1 aromatic carbocycles. The van der Waals surface area contributed by atoms with Crippen molar-refractivity contribution in [3.8, 4) is 0 Å². The molecule has 3 atom stereocenters. The second kappa shape index (κ2) is 12.4. The highest BCUT2D eigenvalue weighted by Crippen LogP contribution is 2.25. The second-order valence-corrected chi connectivity index (χ2v) is 8.82. The molecule has 2 rings (SSSR count). The molecule has 0 spiro atoms. The molecular weight excluding hydrogens is 440 g/mol. The van der Waals surface area contributed by atoms with E-state index in [9.17, 15) is 29.1 Å². The maximum absolute atomic E-state index is 13.7. The highest BCUT2D eigenvalue weighted by molar-refractivity contribution is 6.12. The number of carboxylic acids is 1. The molecule has 1 saturated heterocycles. The summed E-state index contributed by atoms with van der Waals surface area (Å²) in [6.45, 7) is 4.16. The fourth-order valence-electron chi connectivity index (χ4n) is 4.18. The van der Waals surface area contributed by atoms with Gasteiger partial charge in [0.15, 0.2) is 0 Å². The predicted molar refractivity (Wildman–Crippen MR) is 125 cm³/mol. The number of likely N-dealkylation sites (tertiary alicyclic amines) is 1. The van der Waals surface area contributed by atoms with Crippen LogP contribution in [0.3, 0.4) is 0 Å². The van der Waals surface area contributed by atoms with Crippen LogP contribution in [0.1, 0.15) is 66.7 Å². The van der Waals surface area contributed by atoms with Gasteiger partial charge >= 0.3 is 5.97 Å². The summed E-state index contributed by atoms with van der Waals surface area (Å²) in [4.78, 5) is 66.0. The minimum absolute atomic E-state index is 0.204. The van der Waals surface area contributed by atoms with Crippen LogP contribution in [0.4, 0.5) is 0 Å². The number of amides is 3. The van der Waals surface area contributed by atoms with Crippen molar-refractivity contribution in [2.75, 3.05) is 13.1 Å². The summed E-state index contributed by atoms with van der Waals surface area (Å²) < 4.78 is 0. The summed E-state index contributed by atoms with van der Waals surface area (Å²) in [5.41, 5.74) is 11.1. The molecule has 0 saturated carbocycles. The molecular formula is C24H34N4O6. The minimum atomic E-state index is -1.33. The van der Waals surface area contributed by atoms with Gasteiger partial charge in [0.25, 0.3) is 11.8 Å². The van der Waals surface area contributed by atoms with Gasteiger partial charge in [-0.1, -0.05) is 32.4 Å². The normalized spacial score (nSPS) is 17.3. The Hall–Kier alpha value is -3.11. The molecule has 0 unspecified atom stereocenters. The third-order valence-electron chi connectivity index (χ3n) is 6.07. The zero-order valence-corrected chi connectivity index (χ0v) is 19.7. The summed E-state index contributed by atoms with van der Waals surface area (Å²) in [6.07, 6.45) is 3.18. The summed E-state index contributed by atoms with van der Waals surface area (Å²) in [6, 6.07) is 2.63. The lowest BCUT2D eigenvalue weighted by Gasteiger charge is -2.34. The van der Waals surface area contributed by atoms with Crippen molar-refractivity contribution in [3.63, 3.8) is 0 Å². The van der Waals surface area contributed by atoms with Crippen molar-refractivity contribution in [1.29, 1.82) is 0 Å². The topological polar surface area (TPSA) is 164 Å². The van der Waals surface area contributed by atoms with Crippen molar-refractivity contribution in [2.24, 2.45) is 17.4 Å². The number of hydrogen-bond donors (Lipinski definition) is 3. The van der Waals surface area contributed by atoms with Gasteiger partial charge in [0.1, 0.15) is 12.3 Å². The van der Waals surface area contributed by atoms with E-state index in [4.69, 9.17) is 11.5 Å². The number of carboxylic acid groups (broad SMARTS) is 1. The fraction of sp³-hybridized carbons (Fsp3) is 0.542. The maximum atomic E-state index is 13.7. The molecule has 3 amide bonds. The average molecular weight is 475 g/mol. The molecule has 1 aliphatic rings. The predicted octanol–water partition coefficient (Wildman–Crippen LogP) is 1.02. The van der Waals surface area contributed by atoms with E-state index in [1.54, 1.807) is 13.8 Å². The van der Waals surface area contributed by atoms with E-state index in [1.165, 1.54) is 29.2 Å². The van der Waals surface area contributed by atoms with Gasteiger partial charge in [0.2, 0.25) is 5.91 Å². The van der Waals surface area contributed by atoms with E-state index >= 15 is 0 Å². The Kier molecular flexibility index (Phi) is 9.88. The summed E-state index contributed by atoms with van der Waals surface area (Å²) >= 11 is 0. The van der Waals surface area contributed by atoms with Crippen molar-refractivity contribution in [3.05, 3.63) is 35.4 Å². The molecule has 0 aliphatic carbocycles. The van der Waals surface area contributed by atoms with Crippen LogP contribution in [0, 0.1) is 5.92 Å². The molecule has 1 fully saturated rings. The molecule has 1 aromatic rings. The highest BCUT2D eigenvalue weighted by Gasteiger charge is 2.43. The van der Waals surface area contributed by atoms with Gasteiger partial charge in [-0.15, -0.1) is 0 Å². The van der Waals surface area contributed by atoms with Crippen LogP contribution in [0.25, 0.3) is 0 Å². The first kappa shape index (κ1) is 27.1. The van der Waals surface area contributed by atoms with Crippen molar-refractivity contribution in [2.45, 2.75) is 64.1 Å². The Morgan fingerprint density at radius 3 is 2.38 bits per heavy atom. The molecule has 34 heavy (non-hydrogen) atoms. The maximum Gasteiger partial charge on any atom is 0.336 e. The number of carbonyl (C=O) groups is 5. The Balaban J connectivity index is 2.40. The number of nitrogens with zero attached hydrogens (tertiary/aromatic N) is 2. The number of aldehydes is 1. The first-order valence-electron chi connectivity index (χ1n) is 11.6. The molecule has 1 aliphatic heterocycles. The number of carbonyl (C=O) groups excluding carboxylic acids is 4. The summed E-state index contributed by atoms with van der Waals surface area (Å²) in [5.74, 6) is -3.74. The van der Waals surface area contributed by atoms with Crippen LogP contribution in [0.5, 0.6) is 0 Å². The van der Waals surface area contributed by atoms with Crippen LogP contribution >= 0.6 is 0 Å². The lowest BCUT2D eigenvalue weighted by molar-refractivity contribution is -0.145. The van der Waals surface area contributed by atoms with Crippen molar-refractivity contribution >= 4 is 30.0 Å². The molecule has 10 heteroatoms. The number of rotatable bonds is 11. The Labute approximate surface area is 199 Å². The largest absolute Gasteiger partial charge is 0.478 e. The van der Waals surface area contributed by atoms with E-state index in [2.05, 4.69) is 0 Å². The van der Waals surface area contributed by atoms with Crippen LogP contribution in [0.15, 0.2) is 24.3 Å². The van der Waals surface area contributed by atoms with E-state index < -0.39 is 47.7 Å². The number of benzene rings is 1. The van der Waals surface area contributed by atoms with Crippen molar-refractivity contribution < 1.29 is 29.1 Å². The monoisotopic (exact) mass is 474 g/mol. The lowest BCUT2D eigenvalue weighted by Crippen LogP contribution is -2.57. The summed E-state index contributed by atoms with van der Waals surface area (Å²) in [5, 5.41) is 9.52. The molecule has 10 nitrogen and oxygen atoms in total. The van der Waals surface area contributed by atoms with E-state index in [-0.39, 0.29) is 11.1 Å². The highest BCUT2D eigenvalue weighted by atomic mass is 16.4. The molecule has 1 heterocycles. The van der Waals surface area contributed by atoms with Crippen LogP contribution in [-0.2, 0) is 14.4 Å². The second-order valence-electron chi connectivity index (χ2n) is 8.82. The van der Waals surface area contributed by atoms with E-state index in [1.807, 2.05) is 0 Å². The third-order valence-corrected chi connectivity index (χ3v) is 6.07. The third kappa shape index (κ3) is 6.06.